The molecular formula is C34H32N6O4. The predicted octanol–water partition coefficient (Wildman–Crippen LogP) is 7.33. The number of azo groups is 2. The molecule has 2 amide bonds. The molecule has 0 aliphatic heterocycles. The lowest BCUT2D eigenvalue weighted by molar-refractivity contribution is -0.127. The maximum Gasteiger partial charge on any atom is 0.258 e. The second-order valence-electron chi connectivity index (χ2n) is 10.2. The highest BCUT2D eigenvalue weighted by molar-refractivity contribution is 6.11. The van der Waals surface area contributed by atoms with E-state index in [1.807, 2.05) is 50.2 Å². The summed E-state index contributed by atoms with van der Waals surface area (Å²) in [6, 6.07) is 26.2. The maximum absolute atomic E-state index is 12.9. The van der Waals surface area contributed by atoms with Gasteiger partial charge in [-0.3, -0.25) is 19.2 Å². The molecule has 2 N–H and O–H groups in total. The van der Waals surface area contributed by atoms with E-state index in [4.69, 9.17) is 0 Å². The van der Waals surface area contributed by atoms with Crippen molar-refractivity contribution < 1.29 is 19.2 Å². The Labute approximate surface area is 255 Å². The Morgan fingerprint density at radius 2 is 0.909 bits per heavy atom. The van der Waals surface area contributed by atoms with Crippen molar-refractivity contribution in [1.29, 1.82) is 0 Å². The van der Waals surface area contributed by atoms with E-state index < -0.39 is 35.5 Å². The Kier molecular flexibility index (Phi) is 10.3. The molecule has 0 aromatic heterocycles. The molecule has 0 radical (unpaired) electrons. The highest BCUT2D eigenvalue weighted by Crippen LogP contribution is 2.29. The third-order valence-corrected chi connectivity index (χ3v) is 6.66. The van der Waals surface area contributed by atoms with Gasteiger partial charge in [-0.25, -0.2) is 0 Å². The lowest BCUT2D eigenvalue weighted by atomic mass is 9.99. The first-order chi connectivity index (χ1) is 21.1. The summed E-state index contributed by atoms with van der Waals surface area (Å²) in [5.74, 6) is -1.99. The Morgan fingerprint density at radius 3 is 1.23 bits per heavy atom. The monoisotopic (exact) mass is 588 g/mol. The zero-order chi connectivity index (χ0) is 31.6. The molecule has 10 heteroatoms. The third-order valence-electron chi connectivity index (χ3n) is 6.66. The van der Waals surface area contributed by atoms with Gasteiger partial charge in [0.2, 0.25) is 12.1 Å². The molecule has 2 unspecified atom stereocenters. The molecule has 4 aromatic rings. The number of benzene rings is 4. The highest BCUT2D eigenvalue weighted by Gasteiger charge is 2.25. The van der Waals surface area contributed by atoms with Crippen LogP contribution in [0.3, 0.4) is 0 Å². The van der Waals surface area contributed by atoms with Crippen molar-refractivity contribution >= 4 is 46.1 Å². The SMILES string of the molecule is CC(=O)C(N=Nc1ccccc1)C(=O)Nc1ccc(-c2ccc(NC(=O)C(N=Nc3ccccc3)C(C)=O)c(C)c2)cc1C. The number of Topliss-reactive ketones (excluding diaryl/α,β-unsaturated/α-hetero) is 2. The number of ketones is 2. The standard InChI is InChI=1S/C34H32N6O4/c1-21-19-25(15-17-29(21)35-33(43)31(23(3)41)39-37-27-11-7-5-8-12-27)26-16-18-30(22(2)20-26)36-34(44)32(24(4)42)40-38-28-13-9-6-10-14-28/h5-20,31-32H,1-4H3,(H,35,43)(H,36,44). The van der Waals surface area contributed by atoms with E-state index in [-0.39, 0.29) is 0 Å². The van der Waals surface area contributed by atoms with E-state index >= 15 is 0 Å². The Morgan fingerprint density at radius 1 is 0.545 bits per heavy atom. The number of carbonyl (C=O) groups excluding carboxylic acids is 4. The van der Waals surface area contributed by atoms with Crippen molar-refractivity contribution in [3.63, 3.8) is 0 Å². The van der Waals surface area contributed by atoms with Crippen LogP contribution in [0.4, 0.5) is 22.7 Å². The second kappa shape index (κ2) is 14.5. The van der Waals surface area contributed by atoms with Gasteiger partial charge in [-0.2, -0.15) is 20.5 Å². The lowest BCUT2D eigenvalue weighted by Gasteiger charge is -2.15. The van der Waals surface area contributed by atoms with E-state index in [9.17, 15) is 19.2 Å². The van der Waals surface area contributed by atoms with Crippen LogP contribution in [0.2, 0.25) is 0 Å². The first-order valence-corrected chi connectivity index (χ1v) is 13.9. The van der Waals surface area contributed by atoms with Gasteiger partial charge in [0.05, 0.1) is 11.4 Å². The van der Waals surface area contributed by atoms with E-state index in [1.54, 1.807) is 60.7 Å². The molecule has 4 aromatic carbocycles. The fourth-order valence-corrected chi connectivity index (χ4v) is 4.24. The summed E-state index contributed by atoms with van der Waals surface area (Å²) in [5.41, 5.74) is 5.49. The van der Waals surface area contributed by atoms with Crippen LogP contribution in [-0.2, 0) is 19.2 Å². The quantitative estimate of drug-likeness (QED) is 0.140. The first kappa shape index (κ1) is 31.3. The van der Waals surface area contributed by atoms with Gasteiger partial charge in [0, 0.05) is 11.4 Å². The molecule has 0 saturated carbocycles. The van der Waals surface area contributed by atoms with Gasteiger partial charge in [-0.15, -0.1) is 0 Å². The first-order valence-electron chi connectivity index (χ1n) is 13.9. The number of rotatable bonds is 11. The average molecular weight is 589 g/mol. The van der Waals surface area contributed by atoms with Crippen molar-refractivity contribution in [2.24, 2.45) is 20.5 Å². The van der Waals surface area contributed by atoms with E-state index in [0.29, 0.717) is 22.7 Å². The molecule has 2 atom stereocenters. The summed E-state index contributed by atoms with van der Waals surface area (Å²) in [6.07, 6.45) is 0. The number of aryl methyl sites for hydroxylation is 2. The van der Waals surface area contributed by atoms with Crippen molar-refractivity contribution in [2.75, 3.05) is 10.6 Å². The van der Waals surface area contributed by atoms with Gasteiger partial charge < -0.3 is 10.6 Å². The number of nitrogens with one attached hydrogen (secondary N) is 2. The molecule has 0 saturated heterocycles. The van der Waals surface area contributed by atoms with Gasteiger partial charge in [0.25, 0.3) is 11.8 Å². The van der Waals surface area contributed by atoms with Crippen LogP contribution in [0.5, 0.6) is 0 Å². The Bertz CT molecular complexity index is 1610. The van der Waals surface area contributed by atoms with Crippen LogP contribution in [0, 0.1) is 13.8 Å². The molecule has 44 heavy (non-hydrogen) atoms. The van der Waals surface area contributed by atoms with Gasteiger partial charge in [-0.1, -0.05) is 48.5 Å². The molecule has 0 heterocycles. The summed E-state index contributed by atoms with van der Waals surface area (Å²) in [7, 11) is 0. The number of amides is 2. The zero-order valence-corrected chi connectivity index (χ0v) is 24.8. The number of hydrogen-bond donors (Lipinski definition) is 2. The maximum atomic E-state index is 12.9. The summed E-state index contributed by atoms with van der Waals surface area (Å²) >= 11 is 0. The summed E-state index contributed by atoms with van der Waals surface area (Å²) in [5, 5.41) is 21.6. The minimum absolute atomic E-state index is 0.423. The van der Waals surface area contributed by atoms with Crippen LogP contribution >= 0.6 is 0 Å². The molecule has 0 aliphatic carbocycles. The molecular weight excluding hydrogens is 556 g/mol. The minimum atomic E-state index is -1.28. The summed E-state index contributed by atoms with van der Waals surface area (Å²) in [4.78, 5) is 50.1. The van der Waals surface area contributed by atoms with Crippen LogP contribution in [-0.4, -0.2) is 35.5 Å². The molecule has 0 fully saturated rings. The third kappa shape index (κ3) is 8.22. The highest BCUT2D eigenvalue weighted by atomic mass is 16.2. The van der Waals surface area contributed by atoms with Crippen LogP contribution < -0.4 is 10.6 Å². The normalized spacial score (nSPS) is 12.5. The smallest absolute Gasteiger partial charge is 0.258 e. The minimum Gasteiger partial charge on any atom is -0.324 e. The van der Waals surface area contributed by atoms with Crippen molar-refractivity contribution in [1.82, 2.24) is 0 Å². The van der Waals surface area contributed by atoms with Gasteiger partial charge in [0.1, 0.15) is 0 Å². The fraction of sp³-hybridized carbons (Fsp3) is 0.176. The lowest BCUT2D eigenvalue weighted by Crippen LogP contribution is -2.32. The van der Waals surface area contributed by atoms with E-state index in [0.717, 1.165) is 22.3 Å². The number of nitrogens with zero attached hydrogens (tertiary/aromatic N) is 4. The summed E-state index contributed by atoms with van der Waals surface area (Å²) in [6.45, 7) is 6.29. The van der Waals surface area contributed by atoms with Gasteiger partial charge in [0.15, 0.2) is 11.6 Å². The molecule has 4 rings (SSSR count). The predicted molar refractivity (Wildman–Crippen MR) is 169 cm³/mol. The van der Waals surface area contributed by atoms with Crippen molar-refractivity contribution in [3.05, 3.63) is 108 Å². The Hall–Kier alpha value is -5.64. The molecule has 0 spiro atoms. The number of hydrogen-bond acceptors (Lipinski definition) is 8. The van der Waals surface area contributed by atoms with Crippen LogP contribution in [0.25, 0.3) is 11.1 Å². The van der Waals surface area contributed by atoms with Gasteiger partial charge in [-0.05, 0) is 98.5 Å². The Balaban J connectivity index is 1.45. The van der Waals surface area contributed by atoms with Gasteiger partial charge >= 0.3 is 0 Å². The molecule has 10 nitrogen and oxygen atoms in total. The zero-order valence-electron chi connectivity index (χ0n) is 24.8. The van der Waals surface area contributed by atoms with E-state index in [1.165, 1.54) is 13.8 Å². The number of carbonyl (C=O) groups is 4. The summed E-state index contributed by atoms with van der Waals surface area (Å²) < 4.78 is 0. The number of anilines is 2. The fourth-order valence-electron chi connectivity index (χ4n) is 4.24. The molecule has 222 valence electrons. The van der Waals surface area contributed by atoms with Crippen molar-refractivity contribution in [2.45, 2.75) is 39.8 Å². The second-order valence-corrected chi connectivity index (χ2v) is 10.2. The molecule has 0 aliphatic rings. The molecule has 0 bridgehead atoms. The van der Waals surface area contributed by atoms with Crippen LogP contribution in [0.1, 0.15) is 25.0 Å². The topological polar surface area (TPSA) is 142 Å². The average Bonchev–Trinajstić information content (AvgIpc) is 3.00. The van der Waals surface area contributed by atoms with Crippen LogP contribution in [0.15, 0.2) is 118 Å². The van der Waals surface area contributed by atoms with Crippen molar-refractivity contribution in [3.8, 4) is 11.1 Å². The van der Waals surface area contributed by atoms with E-state index in [2.05, 4.69) is 31.1 Å². The largest absolute Gasteiger partial charge is 0.324 e.